The molecular formula is C19H16FN3O2. The molecule has 126 valence electrons. The van der Waals surface area contributed by atoms with Crippen molar-refractivity contribution in [3.63, 3.8) is 0 Å². The predicted octanol–water partition coefficient (Wildman–Crippen LogP) is 4.23. The third kappa shape index (κ3) is 4.11. The van der Waals surface area contributed by atoms with Crippen molar-refractivity contribution >= 4 is 23.1 Å². The maximum absolute atomic E-state index is 13.6. The third-order valence-corrected chi connectivity index (χ3v) is 3.51. The molecule has 0 spiro atoms. The van der Waals surface area contributed by atoms with Gasteiger partial charge in [-0.1, -0.05) is 12.1 Å². The first-order valence-electron chi connectivity index (χ1n) is 7.59. The summed E-state index contributed by atoms with van der Waals surface area (Å²) in [4.78, 5) is 16.4. The topological polar surface area (TPSA) is 63.2 Å². The molecule has 1 aromatic heterocycles. The molecule has 1 amide bonds. The van der Waals surface area contributed by atoms with Crippen LogP contribution in [0.2, 0.25) is 0 Å². The van der Waals surface area contributed by atoms with E-state index in [0.717, 1.165) is 0 Å². The molecule has 25 heavy (non-hydrogen) atoms. The quantitative estimate of drug-likeness (QED) is 0.731. The lowest BCUT2D eigenvalue weighted by atomic mass is 10.2. The Morgan fingerprint density at radius 1 is 1.04 bits per heavy atom. The van der Waals surface area contributed by atoms with Crippen LogP contribution in [-0.2, 0) is 0 Å². The van der Waals surface area contributed by atoms with E-state index < -0.39 is 0 Å². The zero-order valence-corrected chi connectivity index (χ0v) is 13.5. The molecule has 0 aliphatic carbocycles. The Balaban J connectivity index is 1.65. The number of pyridine rings is 1. The highest BCUT2D eigenvalue weighted by Crippen LogP contribution is 2.19. The number of anilines is 3. The fourth-order valence-electron chi connectivity index (χ4n) is 2.19. The second-order valence-electron chi connectivity index (χ2n) is 5.22. The van der Waals surface area contributed by atoms with Gasteiger partial charge in [-0.2, -0.15) is 0 Å². The van der Waals surface area contributed by atoms with Crippen LogP contribution < -0.4 is 15.4 Å². The van der Waals surface area contributed by atoms with Crippen LogP contribution in [0.25, 0.3) is 0 Å². The molecule has 2 aromatic carbocycles. The molecule has 0 radical (unpaired) electrons. The molecule has 0 bridgehead atoms. The van der Waals surface area contributed by atoms with Crippen molar-refractivity contribution in [1.29, 1.82) is 0 Å². The highest BCUT2D eigenvalue weighted by Gasteiger charge is 2.07. The van der Waals surface area contributed by atoms with E-state index in [1.54, 1.807) is 61.7 Å². The first-order valence-corrected chi connectivity index (χ1v) is 7.59. The number of hydrogen-bond acceptors (Lipinski definition) is 4. The van der Waals surface area contributed by atoms with Gasteiger partial charge in [0, 0.05) is 5.56 Å². The lowest BCUT2D eigenvalue weighted by Crippen LogP contribution is -2.12. The minimum atomic E-state index is -0.360. The summed E-state index contributed by atoms with van der Waals surface area (Å²) >= 11 is 0. The van der Waals surface area contributed by atoms with Crippen molar-refractivity contribution in [2.24, 2.45) is 0 Å². The van der Waals surface area contributed by atoms with E-state index in [1.165, 1.54) is 12.3 Å². The van der Waals surface area contributed by atoms with E-state index in [1.807, 2.05) is 0 Å². The largest absolute Gasteiger partial charge is 0.497 e. The van der Waals surface area contributed by atoms with Crippen LogP contribution >= 0.6 is 0 Å². The lowest BCUT2D eigenvalue weighted by Gasteiger charge is -2.09. The molecule has 0 saturated heterocycles. The molecule has 3 rings (SSSR count). The van der Waals surface area contributed by atoms with Gasteiger partial charge in [-0.25, -0.2) is 9.37 Å². The summed E-state index contributed by atoms with van der Waals surface area (Å²) in [5.41, 5.74) is 1.39. The first kappa shape index (κ1) is 16.4. The van der Waals surface area contributed by atoms with E-state index in [0.29, 0.717) is 28.5 Å². The number of hydrogen-bond donors (Lipinski definition) is 2. The number of ether oxygens (including phenoxy) is 1. The fourth-order valence-corrected chi connectivity index (χ4v) is 2.19. The number of halogens is 1. The highest BCUT2D eigenvalue weighted by atomic mass is 19.1. The molecule has 3 aromatic rings. The Kier molecular flexibility index (Phi) is 4.89. The monoisotopic (exact) mass is 337 g/mol. The Hall–Kier alpha value is -3.41. The SMILES string of the molecule is COc1ccc(C(=O)Nc2ccc(Nc3ccccc3F)nc2)cc1. The van der Waals surface area contributed by atoms with Gasteiger partial charge in [-0.3, -0.25) is 4.79 Å². The third-order valence-electron chi connectivity index (χ3n) is 3.51. The van der Waals surface area contributed by atoms with Crippen LogP contribution in [0, 0.1) is 5.82 Å². The molecule has 6 heteroatoms. The summed E-state index contributed by atoms with van der Waals surface area (Å²) in [6.45, 7) is 0. The van der Waals surface area contributed by atoms with Crippen LogP contribution in [-0.4, -0.2) is 18.0 Å². The number of methoxy groups -OCH3 is 1. The van der Waals surface area contributed by atoms with Gasteiger partial charge < -0.3 is 15.4 Å². The van der Waals surface area contributed by atoms with Crippen molar-refractivity contribution in [2.45, 2.75) is 0 Å². The van der Waals surface area contributed by atoms with Crippen LogP contribution in [0.3, 0.4) is 0 Å². The van der Waals surface area contributed by atoms with Gasteiger partial charge >= 0.3 is 0 Å². The molecule has 5 nitrogen and oxygen atoms in total. The summed E-state index contributed by atoms with van der Waals surface area (Å²) in [6.07, 6.45) is 1.50. The number of nitrogens with zero attached hydrogens (tertiary/aromatic N) is 1. The second kappa shape index (κ2) is 7.44. The van der Waals surface area contributed by atoms with Crippen molar-refractivity contribution in [3.8, 4) is 5.75 Å². The zero-order valence-electron chi connectivity index (χ0n) is 13.5. The highest BCUT2D eigenvalue weighted by molar-refractivity contribution is 6.04. The second-order valence-corrected chi connectivity index (χ2v) is 5.22. The molecule has 0 fully saturated rings. The average Bonchev–Trinajstić information content (AvgIpc) is 2.65. The summed E-state index contributed by atoms with van der Waals surface area (Å²) in [6, 6.07) is 16.5. The smallest absolute Gasteiger partial charge is 0.255 e. The first-order chi connectivity index (χ1) is 12.2. The molecule has 0 saturated carbocycles. The van der Waals surface area contributed by atoms with Gasteiger partial charge in [-0.05, 0) is 48.5 Å². The van der Waals surface area contributed by atoms with Gasteiger partial charge in [0.05, 0.1) is 24.7 Å². The molecule has 0 atom stereocenters. The van der Waals surface area contributed by atoms with Gasteiger partial charge in [-0.15, -0.1) is 0 Å². The van der Waals surface area contributed by atoms with Crippen molar-refractivity contribution in [1.82, 2.24) is 4.98 Å². The minimum Gasteiger partial charge on any atom is -0.497 e. The van der Waals surface area contributed by atoms with E-state index in [9.17, 15) is 9.18 Å². The molecule has 2 N–H and O–H groups in total. The Morgan fingerprint density at radius 2 is 1.80 bits per heavy atom. The van der Waals surface area contributed by atoms with Gasteiger partial charge in [0.1, 0.15) is 17.4 Å². The zero-order chi connectivity index (χ0) is 17.6. The Labute approximate surface area is 144 Å². The number of carbonyl (C=O) groups excluding carboxylic acids is 1. The number of rotatable bonds is 5. The summed E-state index contributed by atoms with van der Waals surface area (Å²) in [5, 5.41) is 5.64. The standard InChI is InChI=1S/C19H16FN3O2/c1-25-15-9-6-13(7-10-15)19(24)22-14-8-11-18(21-12-14)23-17-5-3-2-4-16(17)20/h2-12H,1H3,(H,21,23)(H,22,24). The molecule has 0 unspecified atom stereocenters. The van der Waals surface area contributed by atoms with Gasteiger partial charge in [0.2, 0.25) is 0 Å². The van der Waals surface area contributed by atoms with Crippen LogP contribution in [0.15, 0.2) is 66.9 Å². The van der Waals surface area contributed by atoms with Crippen molar-refractivity contribution in [2.75, 3.05) is 17.7 Å². The number of aromatic nitrogens is 1. The number of amides is 1. The van der Waals surface area contributed by atoms with Crippen LogP contribution in [0.1, 0.15) is 10.4 Å². The Morgan fingerprint density at radius 3 is 2.44 bits per heavy atom. The number of benzene rings is 2. The maximum atomic E-state index is 13.6. The number of nitrogens with one attached hydrogen (secondary N) is 2. The van der Waals surface area contributed by atoms with Crippen molar-refractivity contribution < 1.29 is 13.9 Å². The predicted molar refractivity (Wildman–Crippen MR) is 94.9 cm³/mol. The maximum Gasteiger partial charge on any atom is 0.255 e. The van der Waals surface area contributed by atoms with Gasteiger partial charge in [0.15, 0.2) is 0 Å². The van der Waals surface area contributed by atoms with Crippen molar-refractivity contribution in [3.05, 3.63) is 78.2 Å². The Bertz CT molecular complexity index is 865. The summed E-state index contributed by atoms with van der Waals surface area (Å²) in [7, 11) is 1.57. The minimum absolute atomic E-state index is 0.251. The van der Waals surface area contributed by atoms with E-state index in [-0.39, 0.29) is 11.7 Å². The van der Waals surface area contributed by atoms with E-state index in [4.69, 9.17) is 4.74 Å². The number of para-hydroxylation sites is 1. The normalized spacial score (nSPS) is 10.2. The van der Waals surface area contributed by atoms with Crippen LogP contribution in [0.4, 0.5) is 21.6 Å². The number of carbonyl (C=O) groups is 1. The molecule has 0 aliphatic heterocycles. The average molecular weight is 337 g/mol. The van der Waals surface area contributed by atoms with Crippen LogP contribution in [0.5, 0.6) is 5.75 Å². The molecule has 1 heterocycles. The van der Waals surface area contributed by atoms with Gasteiger partial charge in [0.25, 0.3) is 5.91 Å². The fraction of sp³-hybridized carbons (Fsp3) is 0.0526. The lowest BCUT2D eigenvalue weighted by molar-refractivity contribution is 0.102. The van der Waals surface area contributed by atoms with E-state index in [2.05, 4.69) is 15.6 Å². The molecule has 0 aliphatic rings. The summed E-state index contributed by atoms with van der Waals surface area (Å²) < 4.78 is 18.7. The summed E-state index contributed by atoms with van der Waals surface area (Å²) in [5.74, 6) is 0.551. The van der Waals surface area contributed by atoms with E-state index >= 15 is 0 Å². The molecular weight excluding hydrogens is 321 g/mol.